The van der Waals surface area contributed by atoms with E-state index in [0.717, 1.165) is 89.4 Å². The summed E-state index contributed by atoms with van der Waals surface area (Å²) in [5.41, 5.74) is 15.0. The fourth-order valence-electron chi connectivity index (χ4n) is 6.49. The molecule has 9 heterocycles. The van der Waals surface area contributed by atoms with Crippen molar-refractivity contribution in [2.45, 2.75) is 0 Å². The number of aromatic nitrogens is 8. The van der Waals surface area contributed by atoms with E-state index in [0.29, 0.717) is 0 Å². The van der Waals surface area contributed by atoms with E-state index in [9.17, 15) is 0 Å². The fraction of sp³-hybridized carbons (Fsp3) is 0.0909. The molecule has 0 amide bonds. The van der Waals surface area contributed by atoms with Crippen molar-refractivity contribution in [3.05, 3.63) is 145 Å². The van der Waals surface area contributed by atoms with E-state index < -0.39 is 0 Å². The molecule has 56 heavy (non-hydrogen) atoms. The van der Waals surface area contributed by atoms with Crippen LogP contribution in [0.25, 0.3) is 90.9 Å². The first-order chi connectivity index (χ1) is 27.8. The van der Waals surface area contributed by atoms with Gasteiger partial charge in [0.05, 0.1) is 22.8 Å². The first-order valence-electron chi connectivity index (χ1n) is 17.1. The highest BCUT2D eigenvalue weighted by Gasteiger charge is 2.18. The van der Waals surface area contributed by atoms with Gasteiger partial charge in [0, 0.05) is 119 Å². The van der Waals surface area contributed by atoms with Crippen LogP contribution < -0.4 is 0 Å². The Labute approximate surface area is 346 Å². The highest BCUT2D eigenvalue weighted by molar-refractivity contribution is 6.15. The van der Waals surface area contributed by atoms with Crippen LogP contribution in [-0.2, 0) is 0 Å². The molecule has 8 nitrogen and oxygen atoms in total. The number of H-pyrrole nitrogens is 2. The lowest BCUT2D eigenvalue weighted by atomic mass is 10.1. The molecule has 0 atom stereocenters. The molecule has 0 spiro atoms. The normalized spacial score (nSPS) is 10.7. The van der Waals surface area contributed by atoms with E-state index in [2.05, 4.69) is 125 Å². The second-order valence-electron chi connectivity index (χ2n) is 11.4. The van der Waals surface area contributed by atoms with Crippen LogP contribution in [0.5, 0.6) is 0 Å². The van der Waals surface area contributed by atoms with Crippen LogP contribution in [0.1, 0.15) is 22.8 Å². The predicted molar refractivity (Wildman–Crippen MR) is 239 cm³/mol. The molecular formula is C44H38Cl4N8. The zero-order chi connectivity index (χ0) is 39.9. The summed E-state index contributed by atoms with van der Waals surface area (Å²) in [4.78, 5) is 35.2. The number of halogens is 4. The summed E-state index contributed by atoms with van der Waals surface area (Å²) in [5, 5.41) is 0. The van der Waals surface area contributed by atoms with Gasteiger partial charge in [-0.3, -0.25) is 19.9 Å². The molecule has 2 aliphatic rings. The number of hydrogen-bond donors (Lipinski definition) is 2. The zero-order valence-corrected chi connectivity index (χ0v) is 34.1. The summed E-state index contributed by atoms with van der Waals surface area (Å²) in [5.74, 6) is 0. The maximum atomic E-state index is 5.29. The molecule has 0 radical (unpaired) electrons. The third-order valence-corrected chi connectivity index (χ3v) is 8.63. The van der Waals surface area contributed by atoms with Crippen LogP contribution in [0.4, 0.5) is 0 Å². The second-order valence-corrected chi connectivity index (χ2v) is 11.4. The number of hydrogen-bond acceptors (Lipinski definition) is 6. The van der Waals surface area contributed by atoms with Crippen molar-refractivity contribution in [2.24, 2.45) is 0 Å². The van der Waals surface area contributed by atoms with Gasteiger partial charge in [-0.05, 0) is 119 Å². The molecule has 7 aromatic heterocycles. The largest absolute Gasteiger partial charge is 0.354 e. The Morgan fingerprint density at radius 3 is 0.696 bits per heavy atom. The molecule has 282 valence electrons. The molecule has 0 saturated heterocycles. The molecule has 9 rings (SSSR count). The summed E-state index contributed by atoms with van der Waals surface area (Å²) in [6, 6.07) is 24.6. The van der Waals surface area contributed by atoms with E-state index in [1.54, 1.807) is 0 Å². The van der Waals surface area contributed by atoms with Crippen molar-refractivity contribution in [3.63, 3.8) is 0 Å². The molecule has 0 unspecified atom stereocenters. The van der Waals surface area contributed by atoms with E-state index in [1.165, 1.54) is 25.5 Å². The van der Waals surface area contributed by atoms with Crippen molar-refractivity contribution in [1.29, 1.82) is 0 Å². The molecule has 8 bridgehead atoms. The standard InChI is InChI=1S/C40H26N8.4CH3Cl/c1-2-30-38(26-11-19-42-20-12-26)32-5-6-34(47-32)40(28-15-23-44-24-16-28)36-8-7-35(48-36)39(27-13-21-43-22-14-27)33-4-3-31(46-33)37(29(1)45-30)25-9-17-41-18-10-25;4*1-2/h1-24,45,48H;4*1H3. The maximum Gasteiger partial charge on any atom is 0.0737 e. The summed E-state index contributed by atoms with van der Waals surface area (Å²) < 4.78 is 0. The van der Waals surface area contributed by atoms with Gasteiger partial charge in [-0.2, -0.15) is 0 Å². The van der Waals surface area contributed by atoms with Gasteiger partial charge in [0.1, 0.15) is 0 Å². The first kappa shape index (κ1) is 41.5. The van der Waals surface area contributed by atoms with Gasteiger partial charge in [0.2, 0.25) is 0 Å². The van der Waals surface area contributed by atoms with Gasteiger partial charge in [0.25, 0.3) is 0 Å². The molecular weight excluding hydrogens is 782 g/mol. The molecule has 12 heteroatoms. The Kier molecular flexibility index (Phi) is 15.5. The lowest BCUT2D eigenvalue weighted by Gasteiger charge is -2.06. The molecule has 0 fully saturated rings. The lowest BCUT2D eigenvalue weighted by Crippen LogP contribution is -1.90. The minimum absolute atomic E-state index is 0.846. The molecule has 0 aromatic carbocycles. The Balaban J connectivity index is 0.000000707. The number of pyridine rings is 4. The summed E-state index contributed by atoms with van der Waals surface area (Å²) in [7, 11) is 0. The highest BCUT2D eigenvalue weighted by atomic mass is 35.5. The Bertz CT molecular complexity index is 2210. The Morgan fingerprint density at radius 2 is 0.500 bits per heavy atom. The summed E-state index contributed by atoms with van der Waals surface area (Å²) in [6.07, 6.45) is 28.7. The number of aromatic amines is 2. The molecule has 0 aliphatic carbocycles. The number of rotatable bonds is 4. The third-order valence-electron chi connectivity index (χ3n) is 8.63. The van der Waals surface area contributed by atoms with E-state index in [-0.39, 0.29) is 0 Å². The van der Waals surface area contributed by atoms with Gasteiger partial charge in [0.15, 0.2) is 0 Å². The number of alkyl halides is 4. The minimum atomic E-state index is 0.846. The van der Waals surface area contributed by atoms with Crippen molar-refractivity contribution < 1.29 is 0 Å². The van der Waals surface area contributed by atoms with Crippen molar-refractivity contribution in [3.8, 4) is 44.5 Å². The van der Waals surface area contributed by atoms with Crippen LogP contribution in [0.3, 0.4) is 0 Å². The molecule has 2 N–H and O–H groups in total. The predicted octanol–water partition coefficient (Wildman–Crippen LogP) is 12.3. The average molecular weight is 821 g/mol. The first-order valence-corrected chi connectivity index (χ1v) is 20.1. The van der Waals surface area contributed by atoms with Crippen LogP contribution in [0, 0.1) is 0 Å². The zero-order valence-electron chi connectivity index (χ0n) is 31.1. The monoisotopic (exact) mass is 818 g/mol. The Hall–Kier alpha value is -5.64. The quantitative estimate of drug-likeness (QED) is 0.171. The van der Waals surface area contributed by atoms with Crippen molar-refractivity contribution in [1.82, 2.24) is 39.9 Å². The van der Waals surface area contributed by atoms with Crippen molar-refractivity contribution >= 4 is 92.8 Å². The van der Waals surface area contributed by atoms with Crippen LogP contribution >= 0.6 is 46.4 Å². The van der Waals surface area contributed by atoms with E-state index in [1.807, 2.05) is 98.1 Å². The van der Waals surface area contributed by atoms with Crippen LogP contribution in [0.15, 0.2) is 122 Å². The highest BCUT2D eigenvalue weighted by Crippen LogP contribution is 2.38. The van der Waals surface area contributed by atoms with Crippen LogP contribution in [0.2, 0.25) is 0 Å². The molecule has 7 aromatic rings. The Morgan fingerprint density at radius 1 is 0.304 bits per heavy atom. The van der Waals surface area contributed by atoms with Gasteiger partial charge in [-0.15, -0.1) is 46.4 Å². The fourth-order valence-corrected chi connectivity index (χ4v) is 6.49. The average Bonchev–Trinajstić information content (AvgIpc) is 4.14. The third kappa shape index (κ3) is 8.91. The van der Waals surface area contributed by atoms with E-state index in [4.69, 9.17) is 9.97 Å². The van der Waals surface area contributed by atoms with Gasteiger partial charge in [-0.25, -0.2) is 9.97 Å². The summed E-state index contributed by atoms with van der Waals surface area (Å²) >= 11 is 18.6. The number of nitrogens with zero attached hydrogens (tertiary/aromatic N) is 6. The van der Waals surface area contributed by atoms with Crippen LogP contribution in [-0.4, -0.2) is 65.4 Å². The topological polar surface area (TPSA) is 109 Å². The van der Waals surface area contributed by atoms with Gasteiger partial charge >= 0.3 is 0 Å². The number of fused-ring (bicyclic) bond motifs is 8. The second kappa shape index (κ2) is 20.9. The lowest BCUT2D eigenvalue weighted by molar-refractivity contribution is 1.29. The van der Waals surface area contributed by atoms with Gasteiger partial charge in [-0.1, -0.05) is 0 Å². The SMILES string of the molecule is C1=Cc2nc1c(-c1ccncc1)c1ccc([nH]1)c(-c1ccncc1)c1nc(c(-c3ccncc3)c3ccc([nH]3)c2-c2ccncc2)C=C1.CCl.CCl.CCl.CCl. The maximum absolute atomic E-state index is 5.29. The van der Waals surface area contributed by atoms with E-state index >= 15 is 0 Å². The minimum Gasteiger partial charge on any atom is -0.354 e. The molecule has 0 saturated carbocycles. The number of nitrogens with one attached hydrogen (secondary N) is 2. The summed E-state index contributed by atoms with van der Waals surface area (Å²) in [6.45, 7) is 0. The smallest absolute Gasteiger partial charge is 0.0737 e. The van der Waals surface area contributed by atoms with Gasteiger partial charge < -0.3 is 9.97 Å². The molecule has 2 aliphatic heterocycles. The van der Waals surface area contributed by atoms with Crippen molar-refractivity contribution in [2.75, 3.05) is 25.5 Å².